The number of hydrogen-bond acceptors (Lipinski definition) is 7. The first kappa shape index (κ1) is 27.6. The minimum atomic E-state index is -6.11. The van der Waals surface area contributed by atoms with Gasteiger partial charge in [0, 0.05) is 21.4 Å². The molecular formula is C22H17ClF5N4O5+. The molecule has 0 radical (unpaired) electrons. The summed E-state index contributed by atoms with van der Waals surface area (Å²) in [6.07, 6.45) is -4.59. The third kappa shape index (κ3) is 5.73. The van der Waals surface area contributed by atoms with E-state index >= 15 is 0 Å². The van der Waals surface area contributed by atoms with E-state index in [4.69, 9.17) is 26.2 Å². The van der Waals surface area contributed by atoms with Gasteiger partial charge in [-0.05, 0) is 25.1 Å². The highest BCUT2D eigenvalue weighted by Crippen LogP contribution is 2.46. The molecule has 37 heavy (non-hydrogen) atoms. The maximum absolute atomic E-state index is 14.3. The lowest BCUT2D eigenvalue weighted by atomic mass is 10.1. The molecule has 2 aromatic heterocycles. The maximum atomic E-state index is 14.3. The van der Waals surface area contributed by atoms with Crippen LogP contribution in [0.5, 0.6) is 17.2 Å². The molecule has 0 aliphatic heterocycles. The van der Waals surface area contributed by atoms with Gasteiger partial charge in [-0.1, -0.05) is 11.6 Å². The van der Waals surface area contributed by atoms with Gasteiger partial charge in [0.15, 0.2) is 11.4 Å². The fraction of sp³-hybridized carbons (Fsp3) is 0.273. The normalized spacial score (nSPS) is 11.8. The Labute approximate surface area is 210 Å². The van der Waals surface area contributed by atoms with Gasteiger partial charge in [0.25, 0.3) is 17.5 Å². The summed E-state index contributed by atoms with van der Waals surface area (Å²) >= 11 is 5.90. The third-order valence-corrected chi connectivity index (χ3v) is 5.20. The van der Waals surface area contributed by atoms with Gasteiger partial charge >= 0.3 is 12.1 Å². The summed E-state index contributed by atoms with van der Waals surface area (Å²) in [5.74, 6) is -7.30. The van der Waals surface area contributed by atoms with Crippen LogP contribution in [0.3, 0.4) is 0 Å². The summed E-state index contributed by atoms with van der Waals surface area (Å²) in [5, 5.41) is 28.1. The molecule has 0 atom stereocenters. The van der Waals surface area contributed by atoms with Crippen molar-refractivity contribution in [2.24, 2.45) is 0 Å². The Morgan fingerprint density at radius 3 is 2.54 bits per heavy atom. The lowest BCUT2D eigenvalue weighted by Crippen LogP contribution is -2.39. The fourth-order valence-electron chi connectivity index (χ4n) is 3.07. The van der Waals surface area contributed by atoms with Crippen LogP contribution in [0.15, 0.2) is 41.6 Å². The summed E-state index contributed by atoms with van der Waals surface area (Å²) in [4.78, 5) is 16.3. The number of aliphatic hydroxyl groups is 1. The van der Waals surface area contributed by atoms with Gasteiger partial charge in [-0.25, -0.2) is 4.98 Å². The van der Waals surface area contributed by atoms with E-state index in [1.165, 1.54) is 25.1 Å². The Kier molecular flexibility index (Phi) is 7.89. The zero-order valence-electron chi connectivity index (χ0n) is 18.8. The molecule has 0 saturated carbocycles. The number of nitriles is 1. The van der Waals surface area contributed by atoms with E-state index < -0.39 is 41.4 Å². The molecule has 3 aromatic rings. The van der Waals surface area contributed by atoms with Crippen molar-refractivity contribution in [3.8, 4) is 23.3 Å². The number of aliphatic hydroxyl groups excluding tert-OH is 1. The number of ether oxygens (including phenoxy) is 2. The third-order valence-electron chi connectivity index (χ3n) is 4.98. The smallest absolute Gasteiger partial charge is 0.459 e. The Bertz CT molecular complexity index is 1420. The molecule has 0 amide bonds. The van der Waals surface area contributed by atoms with Crippen LogP contribution < -0.4 is 19.8 Å². The molecule has 0 spiro atoms. The Balaban J connectivity index is 2.14. The number of benzene rings is 1. The average Bonchev–Trinajstić information content (AvgIpc) is 2.82. The minimum absolute atomic E-state index is 0.0211. The van der Waals surface area contributed by atoms with E-state index in [2.05, 4.69) is 4.98 Å². The van der Waals surface area contributed by atoms with Crippen LogP contribution in [0.25, 0.3) is 0 Å². The van der Waals surface area contributed by atoms with Crippen LogP contribution >= 0.6 is 11.6 Å². The van der Waals surface area contributed by atoms with Crippen LogP contribution in [0.1, 0.15) is 22.5 Å². The van der Waals surface area contributed by atoms with Crippen LogP contribution in [0, 0.1) is 18.3 Å². The SMILES string of the molecule is Cc1c(C#N)cc(Cl)cc1Oc1c(C(F)(F)C(F)(F)F)ncn(Cc2ccc(OCCO)c[n+]2O)c1=O. The van der Waals surface area contributed by atoms with E-state index in [1.807, 2.05) is 0 Å². The van der Waals surface area contributed by atoms with Crippen molar-refractivity contribution in [3.05, 3.63) is 74.7 Å². The first-order valence-corrected chi connectivity index (χ1v) is 10.6. The number of aromatic nitrogens is 3. The summed E-state index contributed by atoms with van der Waals surface area (Å²) in [6.45, 7) is 0.410. The van der Waals surface area contributed by atoms with Crippen molar-refractivity contribution in [2.45, 2.75) is 25.6 Å². The van der Waals surface area contributed by atoms with Gasteiger partial charge in [-0.15, -0.1) is 0 Å². The largest absolute Gasteiger partial charge is 0.485 e. The molecule has 2 heterocycles. The molecule has 0 unspecified atom stereocenters. The average molecular weight is 548 g/mol. The van der Waals surface area contributed by atoms with Gasteiger partial charge in [0.1, 0.15) is 18.9 Å². The molecule has 196 valence electrons. The van der Waals surface area contributed by atoms with Gasteiger partial charge in [0.2, 0.25) is 5.75 Å². The molecule has 0 bridgehead atoms. The molecule has 15 heteroatoms. The molecule has 0 saturated heterocycles. The first-order valence-electron chi connectivity index (χ1n) is 10.2. The van der Waals surface area contributed by atoms with Crippen LogP contribution in [0.2, 0.25) is 5.02 Å². The lowest BCUT2D eigenvalue weighted by molar-refractivity contribution is -0.909. The number of halogens is 6. The molecular weight excluding hydrogens is 531 g/mol. The topological polar surface area (TPSA) is 121 Å². The molecule has 3 rings (SSSR count). The second-order valence-electron chi connectivity index (χ2n) is 7.49. The molecule has 9 nitrogen and oxygen atoms in total. The van der Waals surface area contributed by atoms with E-state index in [1.54, 1.807) is 6.07 Å². The predicted molar refractivity (Wildman–Crippen MR) is 115 cm³/mol. The van der Waals surface area contributed by atoms with Crippen LogP contribution in [0.4, 0.5) is 22.0 Å². The van der Waals surface area contributed by atoms with E-state index in [0.717, 1.165) is 12.3 Å². The highest BCUT2D eigenvalue weighted by molar-refractivity contribution is 6.30. The molecule has 0 fully saturated rings. The lowest BCUT2D eigenvalue weighted by Gasteiger charge is -2.22. The number of hydrogen-bond donors (Lipinski definition) is 2. The summed E-state index contributed by atoms with van der Waals surface area (Å²) in [5.41, 5.74) is -3.50. The van der Waals surface area contributed by atoms with Gasteiger partial charge in [-0.2, -0.15) is 27.2 Å². The number of pyridine rings is 1. The minimum Gasteiger partial charge on any atom is -0.485 e. The summed E-state index contributed by atoms with van der Waals surface area (Å²) < 4.78 is 79.7. The zero-order chi connectivity index (χ0) is 27.5. The van der Waals surface area contributed by atoms with Gasteiger partial charge in [-0.3, -0.25) is 14.6 Å². The molecule has 2 N–H and O–H groups in total. The second-order valence-corrected chi connectivity index (χ2v) is 7.93. The van der Waals surface area contributed by atoms with Gasteiger partial charge in [0.05, 0.1) is 24.6 Å². The monoisotopic (exact) mass is 547 g/mol. The highest BCUT2D eigenvalue weighted by Gasteiger charge is 2.62. The first-order chi connectivity index (χ1) is 17.3. The van der Waals surface area contributed by atoms with Crippen LogP contribution in [-0.2, 0) is 12.5 Å². The van der Waals surface area contributed by atoms with E-state index in [9.17, 15) is 37.2 Å². The molecule has 1 aromatic carbocycles. The Morgan fingerprint density at radius 2 is 1.95 bits per heavy atom. The van der Waals surface area contributed by atoms with Crippen molar-refractivity contribution >= 4 is 11.6 Å². The summed E-state index contributed by atoms with van der Waals surface area (Å²) in [7, 11) is 0. The second kappa shape index (κ2) is 10.6. The van der Waals surface area contributed by atoms with Crippen molar-refractivity contribution in [3.63, 3.8) is 0 Å². The molecule has 0 aliphatic rings. The van der Waals surface area contributed by atoms with E-state index in [0.29, 0.717) is 15.6 Å². The van der Waals surface area contributed by atoms with Gasteiger partial charge < -0.3 is 14.6 Å². The highest BCUT2D eigenvalue weighted by atomic mass is 35.5. The van der Waals surface area contributed by atoms with Crippen molar-refractivity contribution in [1.82, 2.24) is 9.55 Å². The van der Waals surface area contributed by atoms with Crippen LogP contribution in [-0.4, -0.2) is 39.3 Å². The fourth-order valence-corrected chi connectivity index (χ4v) is 3.28. The summed E-state index contributed by atoms with van der Waals surface area (Å²) in [6, 6.07) is 6.65. The number of alkyl halides is 5. The quantitative estimate of drug-likeness (QED) is 0.252. The molecule has 0 aliphatic carbocycles. The van der Waals surface area contributed by atoms with Crippen molar-refractivity contribution in [1.29, 1.82) is 5.26 Å². The van der Waals surface area contributed by atoms with Crippen molar-refractivity contribution < 1.29 is 46.5 Å². The number of rotatable bonds is 8. The Hall–Kier alpha value is -3.96. The van der Waals surface area contributed by atoms with Crippen molar-refractivity contribution in [2.75, 3.05) is 13.2 Å². The maximum Gasteiger partial charge on any atom is 0.459 e. The standard InChI is InChI=1S/C22H17ClF5N4O5/c1-12-13(8-29)6-14(23)7-17(12)37-18-19(21(24,25)22(26,27)28)30-11-31(20(18)34)9-15-2-3-16(10-32(15)35)36-5-4-33/h2-3,6-7,10-11,33,35H,4-5,9H2,1H3/q+1. The zero-order valence-corrected chi connectivity index (χ0v) is 19.5. The Morgan fingerprint density at radius 1 is 1.24 bits per heavy atom. The predicted octanol–water partition coefficient (Wildman–Crippen LogP) is 3.47. The number of nitrogens with zero attached hydrogens (tertiary/aromatic N) is 4. The van der Waals surface area contributed by atoms with E-state index in [-0.39, 0.29) is 40.8 Å².